The molecule has 1 amide bonds. The summed E-state index contributed by atoms with van der Waals surface area (Å²) < 4.78 is 0. The van der Waals surface area contributed by atoms with Gasteiger partial charge in [-0.05, 0) is 18.2 Å². The van der Waals surface area contributed by atoms with Crippen molar-refractivity contribution >= 4 is 28.7 Å². The standard InChI is InChI=1S/C9H8N4O2/c14-9(5-11-15)12-7-2-1-6-4-10-13-8(6)3-7/h1-5,15H,(H,10,13)(H,12,14)/b11-5-. The first-order chi connectivity index (χ1) is 7.29. The number of aromatic amines is 1. The molecule has 0 atom stereocenters. The Kier molecular flexibility index (Phi) is 2.32. The predicted molar refractivity (Wildman–Crippen MR) is 55.0 cm³/mol. The third-order valence-corrected chi connectivity index (χ3v) is 1.88. The summed E-state index contributed by atoms with van der Waals surface area (Å²) in [6.45, 7) is 0. The zero-order chi connectivity index (χ0) is 10.7. The van der Waals surface area contributed by atoms with Crippen molar-refractivity contribution in [2.75, 3.05) is 5.32 Å². The minimum Gasteiger partial charge on any atom is -0.411 e. The van der Waals surface area contributed by atoms with Crippen molar-refractivity contribution in [2.24, 2.45) is 5.16 Å². The Balaban J connectivity index is 2.24. The number of carbonyl (C=O) groups is 1. The number of hydrogen-bond donors (Lipinski definition) is 3. The summed E-state index contributed by atoms with van der Waals surface area (Å²) in [6.07, 6.45) is 2.48. The quantitative estimate of drug-likeness (QED) is 0.386. The van der Waals surface area contributed by atoms with Crippen LogP contribution in [0.15, 0.2) is 29.6 Å². The molecule has 0 unspecified atom stereocenters. The van der Waals surface area contributed by atoms with Crippen molar-refractivity contribution in [3.8, 4) is 0 Å². The second-order valence-corrected chi connectivity index (χ2v) is 2.91. The normalized spacial score (nSPS) is 10.9. The van der Waals surface area contributed by atoms with E-state index in [0.717, 1.165) is 17.1 Å². The Morgan fingerprint density at radius 1 is 1.60 bits per heavy atom. The number of amides is 1. The number of rotatable bonds is 2. The second kappa shape index (κ2) is 3.79. The molecule has 0 bridgehead atoms. The van der Waals surface area contributed by atoms with Crippen LogP contribution in [0, 0.1) is 0 Å². The molecule has 1 aromatic carbocycles. The van der Waals surface area contributed by atoms with Crippen LogP contribution < -0.4 is 5.32 Å². The molecule has 15 heavy (non-hydrogen) atoms. The molecule has 2 rings (SSSR count). The average molecular weight is 204 g/mol. The number of benzene rings is 1. The Morgan fingerprint density at radius 3 is 3.27 bits per heavy atom. The summed E-state index contributed by atoms with van der Waals surface area (Å²) >= 11 is 0. The maximum atomic E-state index is 11.0. The lowest BCUT2D eigenvalue weighted by Gasteiger charge is -2.00. The van der Waals surface area contributed by atoms with Gasteiger partial charge in [-0.15, -0.1) is 0 Å². The summed E-state index contributed by atoms with van der Waals surface area (Å²) in [6, 6.07) is 5.30. The zero-order valence-corrected chi connectivity index (χ0v) is 7.64. The molecule has 0 radical (unpaired) electrons. The van der Waals surface area contributed by atoms with E-state index in [0.29, 0.717) is 5.69 Å². The first-order valence-electron chi connectivity index (χ1n) is 4.21. The fraction of sp³-hybridized carbons (Fsp3) is 0. The lowest BCUT2D eigenvalue weighted by molar-refractivity contribution is -0.110. The number of nitrogens with one attached hydrogen (secondary N) is 2. The van der Waals surface area contributed by atoms with Gasteiger partial charge in [0.25, 0.3) is 5.91 Å². The smallest absolute Gasteiger partial charge is 0.270 e. The molecule has 0 aliphatic rings. The maximum absolute atomic E-state index is 11.0. The van der Waals surface area contributed by atoms with Gasteiger partial charge in [0.1, 0.15) is 6.21 Å². The van der Waals surface area contributed by atoms with E-state index in [-0.39, 0.29) is 0 Å². The highest BCUT2D eigenvalue weighted by atomic mass is 16.4. The SMILES string of the molecule is O=C(/C=N\O)Nc1ccc2cn[nH]c2c1. The van der Waals surface area contributed by atoms with Crippen LogP contribution in [0.3, 0.4) is 0 Å². The van der Waals surface area contributed by atoms with E-state index in [9.17, 15) is 4.79 Å². The monoisotopic (exact) mass is 204 g/mol. The van der Waals surface area contributed by atoms with Gasteiger partial charge in [-0.3, -0.25) is 9.89 Å². The van der Waals surface area contributed by atoms with Crippen LogP contribution in [0.1, 0.15) is 0 Å². The summed E-state index contributed by atoms with van der Waals surface area (Å²) in [5.74, 6) is -0.489. The Bertz CT molecular complexity index is 518. The minimum atomic E-state index is -0.489. The average Bonchev–Trinajstić information content (AvgIpc) is 2.65. The van der Waals surface area contributed by atoms with E-state index >= 15 is 0 Å². The van der Waals surface area contributed by atoms with Gasteiger partial charge in [0.15, 0.2) is 0 Å². The van der Waals surface area contributed by atoms with Gasteiger partial charge < -0.3 is 10.5 Å². The van der Waals surface area contributed by atoms with Crippen LogP contribution in [-0.2, 0) is 4.79 Å². The summed E-state index contributed by atoms with van der Waals surface area (Å²) in [4.78, 5) is 11.0. The van der Waals surface area contributed by atoms with Gasteiger partial charge in [-0.2, -0.15) is 5.10 Å². The van der Waals surface area contributed by atoms with Crippen LogP contribution in [0.5, 0.6) is 0 Å². The maximum Gasteiger partial charge on any atom is 0.270 e. The van der Waals surface area contributed by atoms with Crippen molar-refractivity contribution in [3.63, 3.8) is 0 Å². The van der Waals surface area contributed by atoms with Gasteiger partial charge in [-0.1, -0.05) is 5.16 Å². The molecular weight excluding hydrogens is 196 g/mol. The number of hydrogen-bond acceptors (Lipinski definition) is 4. The molecule has 0 aliphatic heterocycles. The molecule has 1 heterocycles. The van der Waals surface area contributed by atoms with Crippen molar-refractivity contribution in [1.29, 1.82) is 0 Å². The highest BCUT2D eigenvalue weighted by Gasteiger charge is 2.00. The van der Waals surface area contributed by atoms with Crippen LogP contribution in [0.4, 0.5) is 5.69 Å². The molecule has 0 fully saturated rings. The van der Waals surface area contributed by atoms with Crippen LogP contribution in [-0.4, -0.2) is 27.5 Å². The van der Waals surface area contributed by atoms with Crippen LogP contribution in [0.2, 0.25) is 0 Å². The third-order valence-electron chi connectivity index (χ3n) is 1.88. The fourth-order valence-corrected chi connectivity index (χ4v) is 1.24. The molecule has 3 N–H and O–H groups in total. The van der Waals surface area contributed by atoms with E-state index in [1.54, 1.807) is 18.3 Å². The fourth-order valence-electron chi connectivity index (χ4n) is 1.24. The third kappa shape index (κ3) is 1.93. The van der Waals surface area contributed by atoms with Crippen LogP contribution >= 0.6 is 0 Å². The number of H-pyrrole nitrogens is 1. The highest BCUT2D eigenvalue weighted by Crippen LogP contribution is 2.15. The molecule has 6 nitrogen and oxygen atoms in total. The zero-order valence-electron chi connectivity index (χ0n) is 7.64. The predicted octanol–water partition coefficient (Wildman–Crippen LogP) is 0.961. The molecule has 2 aromatic rings. The van der Waals surface area contributed by atoms with Crippen molar-refractivity contribution in [2.45, 2.75) is 0 Å². The van der Waals surface area contributed by atoms with Gasteiger partial charge in [-0.25, -0.2) is 0 Å². The van der Waals surface area contributed by atoms with E-state index in [2.05, 4.69) is 20.7 Å². The van der Waals surface area contributed by atoms with E-state index in [1.807, 2.05) is 6.07 Å². The van der Waals surface area contributed by atoms with Gasteiger partial charge in [0, 0.05) is 11.1 Å². The molecule has 0 saturated heterocycles. The van der Waals surface area contributed by atoms with Gasteiger partial charge in [0.2, 0.25) is 0 Å². The molecule has 1 aromatic heterocycles. The lowest BCUT2D eigenvalue weighted by Crippen LogP contribution is -2.12. The second-order valence-electron chi connectivity index (χ2n) is 2.91. The number of anilines is 1. The van der Waals surface area contributed by atoms with Crippen molar-refractivity contribution in [1.82, 2.24) is 10.2 Å². The van der Waals surface area contributed by atoms with Gasteiger partial charge >= 0.3 is 0 Å². The van der Waals surface area contributed by atoms with E-state index in [1.165, 1.54) is 0 Å². The first kappa shape index (κ1) is 9.20. The molecule has 0 aliphatic carbocycles. The Labute approximate surface area is 84.6 Å². The number of oxime groups is 1. The van der Waals surface area contributed by atoms with Gasteiger partial charge in [0.05, 0.1) is 11.7 Å². The first-order valence-corrected chi connectivity index (χ1v) is 4.21. The lowest BCUT2D eigenvalue weighted by atomic mass is 10.2. The van der Waals surface area contributed by atoms with Crippen molar-refractivity contribution < 1.29 is 10.0 Å². The molecular formula is C9H8N4O2. The van der Waals surface area contributed by atoms with E-state index in [4.69, 9.17) is 5.21 Å². The minimum absolute atomic E-state index is 0.489. The Hall–Kier alpha value is -2.37. The number of nitrogens with zero attached hydrogens (tertiary/aromatic N) is 2. The summed E-state index contributed by atoms with van der Waals surface area (Å²) in [7, 11) is 0. The molecule has 6 heteroatoms. The number of fused-ring (bicyclic) bond motifs is 1. The molecule has 0 saturated carbocycles. The summed E-state index contributed by atoms with van der Waals surface area (Å²) in [5.41, 5.74) is 1.44. The number of aromatic nitrogens is 2. The molecule has 76 valence electrons. The largest absolute Gasteiger partial charge is 0.411 e. The Morgan fingerprint density at radius 2 is 2.47 bits per heavy atom. The van der Waals surface area contributed by atoms with E-state index < -0.39 is 5.91 Å². The van der Waals surface area contributed by atoms with Crippen LogP contribution in [0.25, 0.3) is 10.9 Å². The summed E-state index contributed by atoms with van der Waals surface area (Å²) in [5, 5.41) is 20.9. The van der Waals surface area contributed by atoms with Crippen molar-refractivity contribution in [3.05, 3.63) is 24.4 Å². The topological polar surface area (TPSA) is 90.4 Å². The highest BCUT2D eigenvalue weighted by molar-refractivity contribution is 6.31. The molecule has 0 spiro atoms. The number of carbonyl (C=O) groups excluding carboxylic acids is 1.